The van der Waals surface area contributed by atoms with Gasteiger partial charge in [-0.15, -0.1) is 0 Å². The molecule has 0 saturated carbocycles. The summed E-state index contributed by atoms with van der Waals surface area (Å²) in [4.78, 5) is 33.4. The molecule has 1 aromatic heterocycles. The van der Waals surface area contributed by atoms with Crippen molar-refractivity contribution in [3.05, 3.63) is 46.1 Å². The maximum absolute atomic E-state index is 12.3. The topological polar surface area (TPSA) is 119 Å². The van der Waals surface area contributed by atoms with Crippen molar-refractivity contribution in [3.8, 4) is 0 Å². The maximum Gasteiger partial charge on any atom is 0.390 e. The van der Waals surface area contributed by atoms with Gasteiger partial charge < -0.3 is 20.7 Å². The molecular weight excluding hydrogens is 326 g/mol. The van der Waals surface area contributed by atoms with Crippen molar-refractivity contribution in [2.24, 2.45) is 5.92 Å². The van der Waals surface area contributed by atoms with Crippen LogP contribution in [0.1, 0.15) is 19.5 Å². The van der Waals surface area contributed by atoms with Gasteiger partial charge in [-0.25, -0.2) is 0 Å². The van der Waals surface area contributed by atoms with Crippen molar-refractivity contribution < 1.29 is 14.5 Å². The summed E-state index contributed by atoms with van der Waals surface area (Å²) in [5.74, 6) is -1.08. The van der Waals surface area contributed by atoms with Crippen molar-refractivity contribution in [3.63, 3.8) is 0 Å². The van der Waals surface area contributed by atoms with Crippen LogP contribution in [0.15, 0.2) is 30.3 Å². The van der Waals surface area contributed by atoms with E-state index in [1.54, 1.807) is 38.1 Å². The van der Waals surface area contributed by atoms with Gasteiger partial charge in [0.1, 0.15) is 0 Å². The number of nitrogens with one attached hydrogen (secondary N) is 2. The molecule has 0 bridgehead atoms. The van der Waals surface area contributed by atoms with Crippen molar-refractivity contribution in [2.75, 3.05) is 10.6 Å². The zero-order valence-corrected chi connectivity index (χ0v) is 14.1. The lowest BCUT2D eigenvalue weighted by molar-refractivity contribution is -0.389. The van der Waals surface area contributed by atoms with Crippen molar-refractivity contribution >= 4 is 29.0 Å². The van der Waals surface area contributed by atoms with Gasteiger partial charge in [-0.3, -0.25) is 9.59 Å². The average Bonchev–Trinajstić information content (AvgIpc) is 2.90. The lowest BCUT2D eigenvalue weighted by atomic mass is 10.1. The second-order valence-electron chi connectivity index (χ2n) is 5.73. The van der Waals surface area contributed by atoms with Crippen LogP contribution in [0.5, 0.6) is 0 Å². The normalized spacial score (nSPS) is 11.6. The molecule has 2 aromatic rings. The fourth-order valence-electron chi connectivity index (χ4n) is 2.21. The Labute approximate surface area is 144 Å². The number of aryl methyl sites for hydroxylation is 1. The first kappa shape index (κ1) is 18.1. The molecule has 0 aliphatic rings. The van der Waals surface area contributed by atoms with Gasteiger partial charge in [0.15, 0.2) is 0 Å². The number of carbonyl (C=O) groups excluding carboxylic acids is 2. The molecule has 1 atom stereocenters. The van der Waals surface area contributed by atoms with Gasteiger partial charge in [0.2, 0.25) is 11.8 Å². The molecule has 1 aromatic carbocycles. The van der Waals surface area contributed by atoms with Crippen LogP contribution < -0.4 is 10.6 Å². The molecule has 0 spiro atoms. The largest absolute Gasteiger partial charge is 0.390 e. The lowest BCUT2D eigenvalue weighted by Gasteiger charge is -2.12. The highest BCUT2D eigenvalue weighted by atomic mass is 16.6. The molecule has 9 heteroatoms. The van der Waals surface area contributed by atoms with Crippen LogP contribution in [0.3, 0.4) is 0 Å². The molecule has 0 saturated heterocycles. The van der Waals surface area contributed by atoms with Crippen LogP contribution in [0.4, 0.5) is 17.2 Å². The molecule has 0 aliphatic carbocycles. The molecule has 25 heavy (non-hydrogen) atoms. The van der Waals surface area contributed by atoms with E-state index in [-0.39, 0.29) is 24.2 Å². The van der Waals surface area contributed by atoms with Crippen molar-refractivity contribution in [1.82, 2.24) is 9.78 Å². The van der Waals surface area contributed by atoms with Crippen LogP contribution in [0.25, 0.3) is 0 Å². The molecule has 0 radical (unpaired) electrons. The number of benzene rings is 1. The van der Waals surface area contributed by atoms with E-state index >= 15 is 0 Å². The van der Waals surface area contributed by atoms with E-state index in [9.17, 15) is 19.7 Å². The Bertz CT molecular complexity index is 797. The van der Waals surface area contributed by atoms with Gasteiger partial charge in [0, 0.05) is 18.3 Å². The Morgan fingerprint density at radius 1 is 1.24 bits per heavy atom. The van der Waals surface area contributed by atoms with Gasteiger partial charge in [-0.05, 0) is 36.1 Å². The Balaban J connectivity index is 1.98. The molecule has 1 unspecified atom stereocenters. The van der Waals surface area contributed by atoms with Crippen LogP contribution in [-0.4, -0.2) is 26.5 Å². The zero-order chi connectivity index (χ0) is 18.6. The second kappa shape index (κ2) is 7.56. The Kier molecular flexibility index (Phi) is 5.48. The third kappa shape index (κ3) is 4.87. The Morgan fingerprint density at radius 3 is 2.28 bits per heavy atom. The fraction of sp³-hybridized carbons (Fsp3) is 0.312. The van der Waals surface area contributed by atoms with Gasteiger partial charge in [0.25, 0.3) is 0 Å². The number of rotatable bonds is 6. The summed E-state index contributed by atoms with van der Waals surface area (Å²) in [5.41, 5.74) is 1.85. The highest BCUT2D eigenvalue weighted by Gasteiger charge is 2.20. The number of hydrogen-bond acceptors (Lipinski definition) is 5. The average molecular weight is 345 g/mol. The number of nitro groups is 1. The predicted molar refractivity (Wildman–Crippen MR) is 92.2 cm³/mol. The van der Waals surface area contributed by atoms with Gasteiger partial charge in [0.05, 0.1) is 29.3 Å². The number of nitrogens with zero attached hydrogens (tertiary/aromatic N) is 3. The number of aromatic nitrogens is 2. The molecule has 132 valence electrons. The molecule has 1 heterocycles. The summed E-state index contributed by atoms with van der Waals surface area (Å²) in [6.07, 6.45) is 0. The molecule has 2 rings (SSSR count). The van der Waals surface area contributed by atoms with Crippen LogP contribution in [-0.2, 0) is 16.1 Å². The summed E-state index contributed by atoms with van der Waals surface area (Å²) >= 11 is 0. The molecular formula is C16H19N5O4. The van der Waals surface area contributed by atoms with Crippen LogP contribution in [0.2, 0.25) is 0 Å². The highest BCUT2D eigenvalue weighted by Crippen LogP contribution is 2.16. The quantitative estimate of drug-likeness (QED) is 0.615. The van der Waals surface area contributed by atoms with Crippen molar-refractivity contribution in [1.29, 1.82) is 0 Å². The van der Waals surface area contributed by atoms with Crippen molar-refractivity contribution in [2.45, 2.75) is 27.3 Å². The minimum atomic E-state index is -0.565. The first-order valence-electron chi connectivity index (χ1n) is 7.63. The number of amides is 2. The monoisotopic (exact) mass is 345 g/mol. The predicted octanol–water partition coefficient (Wildman–Crippen LogP) is 2.33. The molecule has 0 aliphatic heterocycles. The number of hydrogen-bond donors (Lipinski definition) is 2. The van der Waals surface area contributed by atoms with E-state index in [0.29, 0.717) is 17.1 Å². The number of carbonyl (C=O) groups is 2. The standard InChI is InChI=1S/C16H19N5O4/c1-10(9-20-11(2)8-15(19-20)21(24)25)16(23)18-14-6-4-13(5-7-14)17-12(3)22/h4-8,10H,9H2,1-3H3,(H,17,22)(H,18,23). The third-order valence-corrected chi connectivity index (χ3v) is 3.52. The van der Waals surface area contributed by atoms with Gasteiger partial charge in [-0.2, -0.15) is 4.68 Å². The summed E-state index contributed by atoms with van der Waals surface area (Å²) in [7, 11) is 0. The highest BCUT2D eigenvalue weighted by molar-refractivity contribution is 5.93. The Hall–Kier alpha value is -3.23. The molecule has 2 N–H and O–H groups in total. The lowest BCUT2D eigenvalue weighted by Crippen LogP contribution is -2.25. The smallest absolute Gasteiger partial charge is 0.358 e. The van der Waals surface area contributed by atoms with E-state index in [0.717, 1.165) is 0 Å². The van der Waals surface area contributed by atoms with Crippen LogP contribution in [0, 0.1) is 23.0 Å². The first-order valence-corrected chi connectivity index (χ1v) is 7.63. The summed E-state index contributed by atoms with van der Waals surface area (Å²) in [5, 5.41) is 20.0. The van der Waals surface area contributed by atoms with E-state index in [2.05, 4.69) is 15.7 Å². The number of anilines is 2. The van der Waals surface area contributed by atoms with Gasteiger partial charge in [-0.1, -0.05) is 6.92 Å². The van der Waals surface area contributed by atoms with Gasteiger partial charge >= 0.3 is 5.82 Å². The zero-order valence-electron chi connectivity index (χ0n) is 14.1. The first-order chi connectivity index (χ1) is 11.8. The summed E-state index contributed by atoms with van der Waals surface area (Å²) in [6, 6.07) is 8.09. The van der Waals surface area contributed by atoms with E-state index in [1.807, 2.05) is 0 Å². The fourth-order valence-corrected chi connectivity index (χ4v) is 2.21. The maximum atomic E-state index is 12.3. The van der Waals surface area contributed by atoms with E-state index in [4.69, 9.17) is 0 Å². The molecule has 9 nitrogen and oxygen atoms in total. The SMILES string of the molecule is CC(=O)Nc1ccc(NC(=O)C(C)Cn2nc([N+](=O)[O-])cc2C)cc1. The minimum absolute atomic E-state index is 0.172. The second-order valence-corrected chi connectivity index (χ2v) is 5.73. The van der Waals surface area contributed by atoms with E-state index in [1.165, 1.54) is 17.7 Å². The minimum Gasteiger partial charge on any atom is -0.358 e. The third-order valence-electron chi connectivity index (χ3n) is 3.52. The van der Waals surface area contributed by atoms with Crippen LogP contribution >= 0.6 is 0 Å². The Morgan fingerprint density at radius 2 is 1.80 bits per heavy atom. The summed E-state index contributed by atoms with van der Waals surface area (Å²) < 4.78 is 1.45. The molecule has 0 fully saturated rings. The summed E-state index contributed by atoms with van der Waals surface area (Å²) in [6.45, 7) is 5.06. The van der Waals surface area contributed by atoms with E-state index < -0.39 is 10.8 Å². The molecule has 2 amide bonds.